The first-order chi connectivity index (χ1) is 26.3. The van der Waals surface area contributed by atoms with Crippen LogP contribution in [0.4, 0.5) is 0 Å². The lowest BCUT2D eigenvalue weighted by atomic mass is 9.67. The molecule has 1 aliphatic carbocycles. The van der Waals surface area contributed by atoms with Gasteiger partial charge in [-0.05, 0) is 69.1 Å². The number of fused-ring (bicyclic) bond motifs is 7. The molecule has 0 radical (unpaired) electrons. The first-order valence-corrected chi connectivity index (χ1v) is 18.7. The number of hydrogen-bond donors (Lipinski definition) is 0. The van der Waals surface area contributed by atoms with Crippen molar-refractivity contribution in [1.29, 1.82) is 0 Å². The first-order valence-electron chi connectivity index (χ1n) is 17.9. The Labute approximate surface area is 310 Å². The SMILES string of the molecule is c1ccc(C2(c3ccccc3)c3ccccc3-c3c(-c4cc(-c5cc6ccccc6s5)nc(-c5cccc6c5oc5ccccc56)n4)cccc32)cc1. The second-order valence-electron chi connectivity index (χ2n) is 13.6. The van der Waals surface area contributed by atoms with Crippen molar-refractivity contribution < 1.29 is 4.42 Å². The van der Waals surface area contributed by atoms with Crippen molar-refractivity contribution in [2.24, 2.45) is 0 Å². The monoisotopic (exact) mass is 694 g/mol. The van der Waals surface area contributed by atoms with Crippen LogP contribution in [0.15, 0.2) is 186 Å². The number of benzene rings is 7. The van der Waals surface area contributed by atoms with Gasteiger partial charge in [0.1, 0.15) is 11.2 Å². The zero-order chi connectivity index (χ0) is 34.9. The molecule has 3 nitrogen and oxygen atoms in total. The third-order valence-corrected chi connectivity index (χ3v) is 11.9. The number of rotatable bonds is 5. The van der Waals surface area contributed by atoms with Crippen molar-refractivity contribution in [3.63, 3.8) is 0 Å². The summed E-state index contributed by atoms with van der Waals surface area (Å²) in [5, 5.41) is 3.35. The van der Waals surface area contributed by atoms with Gasteiger partial charge in [0.25, 0.3) is 0 Å². The molecule has 10 aromatic rings. The van der Waals surface area contributed by atoms with E-state index in [1.165, 1.54) is 43.5 Å². The average Bonchev–Trinajstić information content (AvgIpc) is 3.92. The molecule has 0 fully saturated rings. The molecule has 0 atom stereocenters. The van der Waals surface area contributed by atoms with E-state index in [0.29, 0.717) is 5.82 Å². The van der Waals surface area contributed by atoms with Gasteiger partial charge in [0.2, 0.25) is 0 Å². The lowest BCUT2D eigenvalue weighted by Gasteiger charge is -2.33. The van der Waals surface area contributed by atoms with Gasteiger partial charge in [-0.1, -0.05) is 152 Å². The number of nitrogens with zero attached hydrogens (tertiary/aromatic N) is 2. The van der Waals surface area contributed by atoms with Crippen LogP contribution in [0, 0.1) is 0 Å². The van der Waals surface area contributed by atoms with Gasteiger partial charge in [-0.15, -0.1) is 11.3 Å². The van der Waals surface area contributed by atoms with Crippen molar-refractivity contribution >= 4 is 43.4 Å². The molecule has 0 bridgehead atoms. The molecular formula is C49H30N2OS. The average molecular weight is 695 g/mol. The summed E-state index contributed by atoms with van der Waals surface area (Å²) in [6.07, 6.45) is 0. The van der Waals surface area contributed by atoms with Crippen LogP contribution < -0.4 is 0 Å². The summed E-state index contributed by atoms with van der Waals surface area (Å²) in [6.45, 7) is 0. The Morgan fingerprint density at radius 3 is 1.92 bits per heavy atom. The van der Waals surface area contributed by atoms with Gasteiger partial charge in [0, 0.05) is 21.0 Å². The summed E-state index contributed by atoms with van der Waals surface area (Å²) in [7, 11) is 0. The Balaban J connectivity index is 1.22. The van der Waals surface area contributed by atoms with Crippen molar-refractivity contribution in [2.75, 3.05) is 0 Å². The van der Waals surface area contributed by atoms with E-state index in [9.17, 15) is 0 Å². The molecule has 0 aliphatic heterocycles. The number of para-hydroxylation sites is 2. The molecule has 0 spiro atoms. The minimum Gasteiger partial charge on any atom is -0.455 e. The fourth-order valence-corrected chi connectivity index (χ4v) is 9.59. The van der Waals surface area contributed by atoms with Gasteiger partial charge >= 0.3 is 0 Å². The fraction of sp³-hybridized carbons (Fsp3) is 0.0204. The molecule has 1 aliphatic rings. The molecule has 7 aromatic carbocycles. The van der Waals surface area contributed by atoms with Crippen LogP contribution in [0.1, 0.15) is 22.3 Å². The quantitative estimate of drug-likeness (QED) is 0.180. The molecule has 3 heterocycles. The van der Waals surface area contributed by atoms with E-state index in [0.717, 1.165) is 49.3 Å². The maximum Gasteiger partial charge on any atom is 0.164 e. The molecule has 0 amide bonds. The maximum atomic E-state index is 6.55. The van der Waals surface area contributed by atoms with E-state index in [-0.39, 0.29) is 0 Å². The van der Waals surface area contributed by atoms with Gasteiger partial charge in [0.15, 0.2) is 5.82 Å². The predicted octanol–water partition coefficient (Wildman–Crippen LogP) is 13.0. The largest absolute Gasteiger partial charge is 0.455 e. The minimum atomic E-state index is -0.505. The highest BCUT2D eigenvalue weighted by Gasteiger charge is 2.46. The van der Waals surface area contributed by atoms with Crippen LogP contribution in [0.3, 0.4) is 0 Å². The van der Waals surface area contributed by atoms with Gasteiger partial charge in [-0.25, -0.2) is 9.97 Å². The Kier molecular flexibility index (Phi) is 6.64. The zero-order valence-corrected chi connectivity index (χ0v) is 29.3. The van der Waals surface area contributed by atoms with Crippen molar-refractivity contribution in [3.8, 4) is 44.3 Å². The van der Waals surface area contributed by atoms with Crippen LogP contribution in [0.25, 0.3) is 76.4 Å². The summed E-state index contributed by atoms with van der Waals surface area (Å²) in [5.74, 6) is 0.640. The Bertz CT molecular complexity index is 2940. The molecule has 3 aromatic heterocycles. The highest BCUT2D eigenvalue weighted by Crippen LogP contribution is 2.58. The van der Waals surface area contributed by atoms with E-state index in [2.05, 4.69) is 170 Å². The molecular weight excluding hydrogens is 665 g/mol. The normalized spacial score (nSPS) is 13.1. The molecule has 53 heavy (non-hydrogen) atoms. The van der Waals surface area contributed by atoms with E-state index in [1.807, 2.05) is 12.1 Å². The summed E-state index contributed by atoms with van der Waals surface area (Å²) in [5.41, 5.74) is 12.3. The van der Waals surface area contributed by atoms with Gasteiger partial charge < -0.3 is 4.42 Å². The van der Waals surface area contributed by atoms with Gasteiger partial charge in [-0.2, -0.15) is 0 Å². The summed E-state index contributed by atoms with van der Waals surface area (Å²) >= 11 is 1.76. The minimum absolute atomic E-state index is 0.505. The van der Waals surface area contributed by atoms with Crippen molar-refractivity contribution in [2.45, 2.75) is 5.41 Å². The third-order valence-electron chi connectivity index (χ3n) is 10.8. The first kappa shape index (κ1) is 30.0. The predicted molar refractivity (Wildman–Crippen MR) is 218 cm³/mol. The Hall–Kier alpha value is -6.62. The van der Waals surface area contributed by atoms with Crippen LogP contribution in [-0.2, 0) is 5.41 Å². The Morgan fingerprint density at radius 2 is 1.09 bits per heavy atom. The summed E-state index contributed by atoms with van der Waals surface area (Å²) in [6, 6.07) is 64.9. The lowest BCUT2D eigenvalue weighted by Crippen LogP contribution is -2.28. The highest BCUT2D eigenvalue weighted by atomic mass is 32.1. The van der Waals surface area contributed by atoms with Crippen molar-refractivity contribution in [1.82, 2.24) is 9.97 Å². The smallest absolute Gasteiger partial charge is 0.164 e. The number of furan rings is 1. The van der Waals surface area contributed by atoms with Crippen LogP contribution in [0.5, 0.6) is 0 Å². The second kappa shape index (κ2) is 11.7. The van der Waals surface area contributed by atoms with E-state index < -0.39 is 5.41 Å². The lowest BCUT2D eigenvalue weighted by molar-refractivity contribution is 0.669. The van der Waals surface area contributed by atoms with Crippen LogP contribution in [0.2, 0.25) is 0 Å². The summed E-state index contributed by atoms with van der Waals surface area (Å²) in [4.78, 5) is 11.9. The number of hydrogen-bond acceptors (Lipinski definition) is 4. The van der Waals surface area contributed by atoms with Crippen LogP contribution in [-0.4, -0.2) is 9.97 Å². The van der Waals surface area contributed by atoms with Crippen molar-refractivity contribution in [3.05, 3.63) is 204 Å². The summed E-state index contributed by atoms with van der Waals surface area (Å²) < 4.78 is 7.78. The maximum absolute atomic E-state index is 6.55. The van der Waals surface area contributed by atoms with E-state index >= 15 is 0 Å². The molecule has 4 heteroatoms. The highest BCUT2D eigenvalue weighted by molar-refractivity contribution is 7.22. The molecule has 0 saturated heterocycles. The van der Waals surface area contributed by atoms with Gasteiger partial charge in [0.05, 0.1) is 27.2 Å². The van der Waals surface area contributed by atoms with E-state index in [4.69, 9.17) is 14.4 Å². The zero-order valence-electron chi connectivity index (χ0n) is 28.5. The van der Waals surface area contributed by atoms with Crippen LogP contribution >= 0.6 is 11.3 Å². The molecule has 0 N–H and O–H groups in total. The second-order valence-corrected chi connectivity index (χ2v) is 14.7. The third kappa shape index (κ3) is 4.46. The fourth-order valence-electron chi connectivity index (χ4n) is 8.57. The molecule has 0 unspecified atom stereocenters. The van der Waals surface area contributed by atoms with E-state index in [1.54, 1.807) is 11.3 Å². The number of aromatic nitrogens is 2. The Morgan fingerprint density at radius 1 is 0.472 bits per heavy atom. The topological polar surface area (TPSA) is 38.9 Å². The number of thiophene rings is 1. The van der Waals surface area contributed by atoms with Gasteiger partial charge in [-0.3, -0.25) is 0 Å². The molecule has 248 valence electrons. The standard InChI is InChI=1S/C49H30N2OS/c1-3-16-32(17-4-1)49(33-18-5-2-6-19-33)39-25-10-8-21-36(39)46-37(23-14-26-40(46)49)41-30-42(45-29-31-15-7-12-28-44(31)53-45)51-48(50-41)38-24-13-22-35-34-20-9-11-27-43(34)52-47(35)38/h1-30H. The molecule has 0 saturated carbocycles. The molecule has 11 rings (SSSR count).